The number of amidine groups is 1. The highest BCUT2D eigenvalue weighted by Gasteiger charge is 2.31. The molecule has 5 nitrogen and oxygen atoms in total. The highest BCUT2D eigenvalue weighted by atomic mass is 32.1. The molecule has 0 aromatic heterocycles. The molecule has 1 heterocycles. The van der Waals surface area contributed by atoms with E-state index >= 15 is 0 Å². The standard InChI is InChI=1S/C26H39N5S/c1-6-25-26(31(24-11-7-8-12-24)17-16-20(2)30(25)5)28-21(3)27-22-10-9-13-23(15-14-22)29(4)18-19-32/h6,10,13-15,24,27,32H,2-3,7-9,11-12,16-19H2,1,4-5H3/b25-6+,28-26?. The SMILES string of the molecule is C=C(N=C1/C(=C\C)N(C)C(=C)CCN1C1CCCC1)NC1=CCC=C(N(C)CCS)C=C1. The Morgan fingerprint density at radius 2 is 2.06 bits per heavy atom. The Labute approximate surface area is 200 Å². The Morgan fingerprint density at radius 3 is 2.75 bits per heavy atom. The van der Waals surface area contributed by atoms with Crippen LogP contribution in [0.1, 0.15) is 45.4 Å². The molecule has 0 aromatic rings. The molecule has 2 aliphatic carbocycles. The summed E-state index contributed by atoms with van der Waals surface area (Å²) in [5, 5.41) is 3.43. The fourth-order valence-electron chi connectivity index (χ4n) is 4.60. The highest BCUT2D eigenvalue weighted by Crippen LogP contribution is 2.30. The van der Waals surface area contributed by atoms with Crippen LogP contribution >= 0.6 is 12.6 Å². The van der Waals surface area contributed by atoms with E-state index in [1.54, 1.807) is 0 Å². The largest absolute Gasteiger partial charge is 0.374 e. The Bertz CT molecular complexity index is 857. The summed E-state index contributed by atoms with van der Waals surface area (Å²) in [4.78, 5) is 11.9. The van der Waals surface area contributed by atoms with Gasteiger partial charge in [0.2, 0.25) is 0 Å². The minimum atomic E-state index is 0.543. The Hall–Kier alpha value is -2.34. The van der Waals surface area contributed by atoms with E-state index in [2.05, 4.69) is 97.2 Å². The Balaban J connectivity index is 1.80. The van der Waals surface area contributed by atoms with Crippen molar-refractivity contribution < 1.29 is 0 Å². The molecule has 0 radical (unpaired) electrons. The minimum Gasteiger partial charge on any atom is -0.374 e. The second-order valence-corrected chi connectivity index (χ2v) is 9.14. The van der Waals surface area contributed by atoms with E-state index in [1.165, 1.54) is 31.4 Å². The minimum absolute atomic E-state index is 0.543. The van der Waals surface area contributed by atoms with Gasteiger partial charge in [0.05, 0.1) is 5.70 Å². The number of hydrogen-bond donors (Lipinski definition) is 2. The summed E-state index contributed by atoms with van der Waals surface area (Å²) in [7, 11) is 4.19. The van der Waals surface area contributed by atoms with Crippen LogP contribution in [0.3, 0.4) is 0 Å². The van der Waals surface area contributed by atoms with E-state index in [9.17, 15) is 0 Å². The molecule has 3 rings (SSSR count). The van der Waals surface area contributed by atoms with Crippen molar-refractivity contribution in [1.29, 1.82) is 0 Å². The first-order valence-corrected chi connectivity index (χ1v) is 12.4. The van der Waals surface area contributed by atoms with Gasteiger partial charge in [-0.15, -0.1) is 0 Å². The van der Waals surface area contributed by atoms with Crippen molar-refractivity contribution in [3.63, 3.8) is 0 Å². The third-order valence-corrected chi connectivity index (χ3v) is 6.72. The molecular formula is C26H39N5S. The number of rotatable bonds is 7. The molecule has 32 heavy (non-hydrogen) atoms. The molecule has 1 N–H and O–H groups in total. The van der Waals surface area contributed by atoms with Crippen LogP contribution in [0.2, 0.25) is 0 Å². The van der Waals surface area contributed by atoms with Gasteiger partial charge >= 0.3 is 0 Å². The van der Waals surface area contributed by atoms with Crippen LogP contribution in [0.5, 0.6) is 0 Å². The summed E-state index contributed by atoms with van der Waals surface area (Å²) in [5.74, 6) is 2.50. The van der Waals surface area contributed by atoms with Gasteiger partial charge in [-0.2, -0.15) is 12.6 Å². The van der Waals surface area contributed by atoms with Crippen LogP contribution in [0.25, 0.3) is 0 Å². The lowest BCUT2D eigenvalue weighted by atomic mass is 10.2. The molecule has 1 saturated heterocycles. The van der Waals surface area contributed by atoms with Crippen molar-refractivity contribution in [2.45, 2.75) is 51.5 Å². The summed E-state index contributed by atoms with van der Waals surface area (Å²) >= 11 is 4.34. The molecule has 174 valence electrons. The van der Waals surface area contributed by atoms with Gasteiger partial charge in [-0.25, -0.2) is 4.99 Å². The lowest BCUT2D eigenvalue weighted by Gasteiger charge is -2.32. The van der Waals surface area contributed by atoms with Gasteiger partial charge in [-0.1, -0.05) is 44.2 Å². The summed E-state index contributed by atoms with van der Waals surface area (Å²) in [5.41, 5.74) is 4.45. The first-order chi connectivity index (χ1) is 15.4. The molecule has 0 spiro atoms. The van der Waals surface area contributed by atoms with Gasteiger partial charge < -0.3 is 20.0 Å². The first-order valence-electron chi connectivity index (χ1n) is 11.7. The quantitative estimate of drug-likeness (QED) is 0.530. The van der Waals surface area contributed by atoms with Crippen molar-refractivity contribution >= 4 is 18.5 Å². The topological polar surface area (TPSA) is 34.1 Å². The predicted molar refractivity (Wildman–Crippen MR) is 140 cm³/mol. The van der Waals surface area contributed by atoms with Gasteiger partial charge in [-0.3, -0.25) is 0 Å². The van der Waals surface area contributed by atoms with Gasteiger partial charge in [-0.05, 0) is 38.3 Å². The van der Waals surface area contributed by atoms with Crippen molar-refractivity contribution in [3.05, 3.63) is 72.1 Å². The fraction of sp³-hybridized carbons (Fsp3) is 0.500. The number of aliphatic imine (C=N–C) groups is 1. The van der Waals surface area contributed by atoms with E-state index in [4.69, 9.17) is 4.99 Å². The average molecular weight is 454 g/mol. The van der Waals surface area contributed by atoms with Crippen LogP contribution in [0, 0.1) is 0 Å². The van der Waals surface area contributed by atoms with E-state index in [1.807, 2.05) is 0 Å². The van der Waals surface area contributed by atoms with E-state index in [0.717, 1.165) is 54.6 Å². The second kappa shape index (κ2) is 11.5. The number of likely N-dealkylation sites (N-methyl/N-ethyl adjacent to an activating group) is 2. The van der Waals surface area contributed by atoms with Gasteiger partial charge in [0.15, 0.2) is 5.84 Å². The normalized spacial score (nSPS) is 22.7. The summed E-state index contributed by atoms with van der Waals surface area (Å²) in [6.45, 7) is 12.5. The molecule has 2 fully saturated rings. The zero-order valence-electron chi connectivity index (χ0n) is 20.0. The van der Waals surface area contributed by atoms with E-state index in [0.29, 0.717) is 11.9 Å². The molecule has 1 saturated carbocycles. The molecule has 0 amide bonds. The lowest BCUT2D eigenvalue weighted by molar-refractivity contribution is 0.320. The molecule has 0 unspecified atom stereocenters. The van der Waals surface area contributed by atoms with E-state index < -0.39 is 0 Å². The maximum atomic E-state index is 5.04. The molecule has 6 heteroatoms. The average Bonchev–Trinajstić information content (AvgIpc) is 3.15. The van der Waals surface area contributed by atoms with Crippen LogP contribution in [-0.4, -0.2) is 59.5 Å². The van der Waals surface area contributed by atoms with Crippen molar-refractivity contribution in [3.8, 4) is 0 Å². The summed E-state index contributed by atoms with van der Waals surface area (Å²) in [6.07, 6.45) is 17.7. The molecule has 0 aromatic carbocycles. The molecule has 0 bridgehead atoms. The zero-order chi connectivity index (χ0) is 23.1. The van der Waals surface area contributed by atoms with Crippen LogP contribution in [0.15, 0.2) is 77.1 Å². The van der Waals surface area contributed by atoms with Crippen molar-refractivity contribution in [1.82, 2.24) is 20.0 Å². The predicted octanol–water partition coefficient (Wildman–Crippen LogP) is 5.03. The van der Waals surface area contributed by atoms with Crippen molar-refractivity contribution in [2.75, 3.05) is 32.9 Å². The van der Waals surface area contributed by atoms with Crippen LogP contribution in [0.4, 0.5) is 0 Å². The lowest BCUT2D eigenvalue weighted by Crippen LogP contribution is -2.41. The summed E-state index contributed by atoms with van der Waals surface area (Å²) in [6, 6.07) is 0.543. The third-order valence-electron chi connectivity index (χ3n) is 6.52. The van der Waals surface area contributed by atoms with Gasteiger partial charge in [0.25, 0.3) is 0 Å². The first kappa shape index (κ1) is 24.3. The number of nitrogens with one attached hydrogen (secondary N) is 1. The van der Waals surface area contributed by atoms with Crippen LogP contribution < -0.4 is 5.32 Å². The molecular weight excluding hydrogens is 414 g/mol. The monoisotopic (exact) mass is 453 g/mol. The Morgan fingerprint density at radius 1 is 1.31 bits per heavy atom. The smallest absolute Gasteiger partial charge is 0.154 e. The Kier molecular flexibility index (Phi) is 8.74. The number of thiol groups is 1. The molecule has 0 atom stereocenters. The maximum Gasteiger partial charge on any atom is 0.154 e. The summed E-state index contributed by atoms with van der Waals surface area (Å²) < 4.78 is 0. The maximum absolute atomic E-state index is 5.04. The van der Waals surface area contributed by atoms with Gasteiger partial charge in [0, 0.05) is 62.5 Å². The van der Waals surface area contributed by atoms with E-state index in [-0.39, 0.29) is 0 Å². The van der Waals surface area contributed by atoms with Gasteiger partial charge in [0.1, 0.15) is 5.82 Å². The molecule has 3 aliphatic rings. The van der Waals surface area contributed by atoms with Crippen LogP contribution in [-0.2, 0) is 0 Å². The fourth-order valence-corrected chi connectivity index (χ4v) is 4.90. The molecule has 1 aliphatic heterocycles. The highest BCUT2D eigenvalue weighted by molar-refractivity contribution is 7.80. The van der Waals surface area contributed by atoms with Crippen molar-refractivity contribution in [2.24, 2.45) is 4.99 Å². The zero-order valence-corrected chi connectivity index (χ0v) is 20.9. The third kappa shape index (κ3) is 5.91. The number of hydrogen-bond acceptors (Lipinski definition) is 5. The number of allylic oxidation sites excluding steroid dienone is 5. The second-order valence-electron chi connectivity index (χ2n) is 8.69. The number of nitrogens with zero attached hydrogens (tertiary/aromatic N) is 4.